The quantitative estimate of drug-likeness (QED) is 0.600. The predicted octanol–water partition coefficient (Wildman–Crippen LogP) is 4.21. The van der Waals surface area contributed by atoms with Crippen LogP contribution < -0.4 is 15.0 Å². The van der Waals surface area contributed by atoms with Gasteiger partial charge >= 0.3 is 0 Å². The highest BCUT2D eigenvalue weighted by atomic mass is 35.5. The van der Waals surface area contributed by atoms with Gasteiger partial charge in [-0.3, -0.25) is 9.59 Å². The fourth-order valence-electron chi connectivity index (χ4n) is 3.41. The molecule has 1 atom stereocenters. The Balaban J connectivity index is 1.38. The smallest absolute Gasteiger partial charge is 0.230 e. The third-order valence-electron chi connectivity index (χ3n) is 5.15. The maximum Gasteiger partial charge on any atom is 0.230 e. The first-order valence-electron chi connectivity index (χ1n) is 9.75. The summed E-state index contributed by atoms with van der Waals surface area (Å²) in [6.45, 7) is 2.43. The van der Waals surface area contributed by atoms with Gasteiger partial charge in [-0.15, -0.1) is 10.2 Å². The number of ether oxygens (including phenoxy) is 1. The number of carbonyl (C=O) groups is 2. The van der Waals surface area contributed by atoms with E-state index in [9.17, 15) is 9.59 Å². The molecule has 1 saturated heterocycles. The summed E-state index contributed by atoms with van der Waals surface area (Å²) in [4.78, 5) is 26.6. The summed E-state index contributed by atoms with van der Waals surface area (Å²) in [5, 5.41) is 12.9. The Bertz CT molecular complexity index is 1120. The molecule has 4 rings (SSSR count). The number of amides is 2. The molecule has 1 fully saturated rings. The van der Waals surface area contributed by atoms with Gasteiger partial charge in [-0.05, 0) is 42.3 Å². The Morgan fingerprint density at radius 3 is 2.74 bits per heavy atom. The van der Waals surface area contributed by atoms with Gasteiger partial charge in [0.2, 0.25) is 16.9 Å². The number of halogens is 1. The second-order valence-corrected chi connectivity index (χ2v) is 8.77. The van der Waals surface area contributed by atoms with E-state index in [1.165, 1.54) is 11.3 Å². The van der Waals surface area contributed by atoms with Gasteiger partial charge in [0.15, 0.2) is 0 Å². The number of benzene rings is 2. The standard InChI is InChI=1S/C22H21ClN4O3S/c1-13-3-6-16(11-18(13)23)27-12-15(10-20(27)29)21-25-26-22(31-21)24-19(28)9-14-4-7-17(30-2)8-5-14/h3-8,11,15H,9-10,12H2,1-2H3,(H,24,26,28). The van der Waals surface area contributed by atoms with Gasteiger partial charge in [-0.2, -0.15) is 0 Å². The molecule has 0 radical (unpaired) electrons. The van der Waals surface area contributed by atoms with Crippen molar-refractivity contribution in [1.29, 1.82) is 0 Å². The minimum atomic E-state index is -0.175. The van der Waals surface area contributed by atoms with Crippen LogP contribution in [0.5, 0.6) is 5.75 Å². The van der Waals surface area contributed by atoms with Crippen LogP contribution in [0.15, 0.2) is 42.5 Å². The van der Waals surface area contributed by atoms with Crippen molar-refractivity contribution in [2.24, 2.45) is 0 Å². The van der Waals surface area contributed by atoms with Gasteiger partial charge in [-0.25, -0.2) is 0 Å². The van der Waals surface area contributed by atoms with Crippen LogP contribution in [0, 0.1) is 6.92 Å². The van der Waals surface area contributed by atoms with Crippen LogP contribution in [0.3, 0.4) is 0 Å². The van der Waals surface area contributed by atoms with Gasteiger partial charge in [0, 0.05) is 29.6 Å². The molecular formula is C22H21ClN4O3S. The zero-order valence-electron chi connectivity index (χ0n) is 17.1. The largest absolute Gasteiger partial charge is 0.497 e. The first kappa shape index (κ1) is 21.3. The highest BCUT2D eigenvalue weighted by Crippen LogP contribution is 2.35. The van der Waals surface area contributed by atoms with E-state index >= 15 is 0 Å². The molecular weight excluding hydrogens is 436 g/mol. The lowest BCUT2D eigenvalue weighted by Crippen LogP contribution is -2.24. The maximum absolute atomic E-state index is 12.5. The third-order valence-corrected chi connectivity index (χ3v) is 6.56. The molecule has 1 N–H and O–H groups in total. The zero-order valence-corrected chi connectivity index (χ0v) is 18.7. The molecule has 2 aromatic carbocycles. The Hall–Kier alpha value is -2.97. The highest BCUT2D eigenvalue weighted by Gasteiger charge is 2.34. The van der Waals surface area contributed by atoms with Gasteiger partial charge in [0.25, 0.3) is 0 Å². The lowest BCUT2D eigenvalue weighted by atomic mass is 10.1. The zero-order chi connectivity index (χ0) is 22.0. The number of nitrogens with zero attached hydrogens (tertiary/aromatic N) is 3. The molecule has 1 aromatic heterocycles. The summed E-state index contributed by atoms with van der Waals surface area (Å²) in [7, 11) is 1.60. The van der Waals surface area contributed by atoms with Gasteiger partial charge in [0.05, 0.1) is 13.5 Å². The van der Waals surface area contributed by atoms with Crippen molar-refractivity contribution in [3.8, 4) is 5.75 Å². The summed E-state index contributed by atoms with van der Waals surface area (Å²) in [6, 6.07) is 12.9. The SMILES string of the molecule is COc1ccc(CC(=O)Nc2nnc(C3CC(=O)N(c4ccc(C)c(Cl)c4)C3)s2)cc1. The molecule has 2 heterocycles. The molecule has 160 valence electrons. The Morgan fingerprint density at radius 1 is 1.26 bits per heavy atom. The van der Waals surface area contributed by atoms with E-state index in [2.05, 4.69) is 15.5 Å². The van der Waals surface area contributed by atoms with Crippen LogP contribution in [0.2, 0.25) is 5.02 Å². The molecule has 0 saturated carbocycles. The Labute approximate surface area is 189 Å². The average molecular weight is 457 g/mol. The summed E-state index contributed by atoms with van der Waals surface area (Å²) in [5.41, 5.74) is 2.62. The minimum Gasteiger partial charge on any atom is -0.497 e. The van der Waals surface area contributed by atoms with Crippen molar-refractivity contribution in [2.75, 3.05) is 23.9 Å². The lowest BCUT2D eigenvalue weighted by Gasteiger charge is -2.17. The first-order chi connectivity index (χ1) is 14.9. The molecule has 1 aliphatic rings. The predicted molar refractivity (Wildman–Crippen MR) is 121 cm³/mol. The number of hydrogen-bond donors (Lipinski definition) is 1. The van der Waals surface area contributed by atoms with Crippen LogP contribution in [0.4, 0.5) is 10.8 Å². The van der Waals surface area contributed by atoms with Gasteiger partial charge in [-0.1, -0.05) is 41.1 Å². The summed E-state index contributed by atoms with van der Waals surface area (Å²) in [6.07, 6.45) is 0.572. The van der Waals surface area contributed by atoms with Gasteiger partial charge in [0.1, 0.15) is 10.8 Å². The number of aromatic nitrogens is 2. The molecule has 0 bridgehead atoms. The van der Waals surface area contributed by atoms with Crippen LogP contribution in [-0.2, 0) is 16.0 Å². The number of carbonyl (C=O) groups excluding carboxylic acids is 2. The number of hydrogen-bond acceptors (Lipinski definition) is 6. The van der Waals surface area contributed by atoms with Crippen LogP contribution in [-0.4, -0.2) is 35.7 Å². The van der Waals surface area contributed by atoms with E-state index in [0.717, 1.165) is 27.6 Å². The van der Waals surface area contributed by atoms with E-state index < -0.39 is 0 Å². The van der Waals surface area contributed by atoms with E-state index in [-0.39, 0.29) is 24.2 Å². The Morgan fingerprint density at radius 2 is 2.03 bits per heavy atom. The van der Waals surface area contributed by atoms with E-state index in [1.807, 2.05) is 49.4 Å². The van der Waals surface area contributed by atoms with Gasteiger partial charge < -0.3 is 15.0 Å². The van der Waals surface area contributed by atoms with Crippen molar-refractivity contribution in [2.45, 2.75) is 25.7 Å². The fraction of sp³-hybridized carbons (Fsp3) is 0.273. The topological polar surface area (TPSA) is 84.4 Å². The van der Waals surface area contributed by atoms with Crippen molar-refractivity contribution in [1.82, 2.24) is 10.2 Å². The molecule has 3 aromatic rings. The maximum atomic E-state index is 12.5. The minimum absolute atomic E-state index is 0.0187. The molecule has 0 spiro atoms. The summed E-state index contributed by atoms with van der Waals surface area (Å²) >= 11 is 7.51. The van der Waals surface area contributed by atoms with E-state index in [4.69, 9.17) is 16.3 Å². The van der Waals surface area contributed by atoms with Crippen LogP contribution in [0.25, 0.3) is 0 Å². The average Bonchev–Trinajstić information content (AvgIpc) is 3.37. The molecule has 0 aliphatic carbocycles. The van der Waals surface area contributed by atoms with E-state index in [0.29, 0.717) is 23.1 Å². The van der Waals surface area contributed by atoms with Crippen molar-refractivity contribution in [3.05, 3.63) is 63.6 Å². The molecule has 1 aliphatic heterocycles. The fourth-order valence-corrected chi connectivity index (χ4v) is 4.44. The van der Waals surface area contributed by atoms with Crippen LogP contribution in [0.1, 0.15) is 28.5 Å². The molecule has 31 heavy (non-hydrogen) atoms. The Kier molecular flexibility index (Phi) is 6.20. The van der Waals surface area contributed by atoms with Crippen molar-refractivity contribution < 1.29 is 14.3 Å². The summed E-state index contributed by atoms with van der Waals surface area (Å²) in [5.74, 6) is 0.514. The van der Waals surface area contributed by atoms with E-state index in [1.54, 1.807) is 12.0 Å². The second-order valence-electron chi connectivity index (χ2n) is 7.36. The number of nitrogens with one attached hydrogen (secondary N) is 1. The van der Waals surface area contributed by atoms with Crippen molar-refractivity contribution >= 4 is 45.6 Å². The number of anilines is 2. The molecule has 9 heteroatoms. The summed E-state index contributed by atoms with van der Waals surface area (Å²) < 4.78 is 5.12. The number of methoxy groups -OCH3 is 1. The molecule has 7 nitrogen and oxygen atoms in total. The number of rotatable bonds is 6. The normalized spacial score (nSPS) is 15.9. The monoisotopic (exact) mass is 456 g/mol. The third kappa shape index (κ3) is 4.86. The second kappa shape index (κ2) is 9.03. The van der Waals surface area contributed by atoms with Crippen LogP contribution >= 0.6 is 22.9 Å². The first-order valence-corrected chi connectivity index (χ1v) is 10.9. The van der Waals surface area contributed by atoms with Crippen molar-refractivity contribution in [3.63, 3.8) is 0 Å². The lowest BCUT2D eigenvalue weighted by molar-refractivity contribution is -0.117. The highest BCUT2D eigenvalue weighted by molar-refractivity contribution is 7.15. The molecule has 2 amide bonds. The molecule has 1 unspecified atom stereocenters. The number of aryl methyl sites for hydroxylation is 1.